The van der Waals surface area contributed by atoms with Gasteiger partial charge in [-0.15, -0.1) is 0 Å². The van der Waals surface area contributed by atoms with Gasteiger partial charge < -0.3 is 11.1 Å². The van der Waals surface area contributed by atoms with Crippen molar-refractivity contribution in [2.45, 2.75) is 19.9 Å². The van der Waals surface area contributed by atoms with E-state index in [0.29, 0.717) is 6.54 Å². The fourth-order valence-electron chi connectivity index (χ4n) is 1.23. The Labute approximate surface area is 88.4 Å². The van der Waals surface area contributed by atoms with E-state index in [4.69, 9.17) is 5.73 Å². The molecule has 0 saturated carbocycles. The van der Waals surface area contributed by atoms with Crippen molar-refractivity contribution in [3.63, 3.8) is 0 Å². The average molecular weight is 209 g/mol. The summed E-state index contributed by atoms with van der Waals surface area (Å²) in [4.78, 5) is 10.1. The molecule has 0 aliphatic carbocycles. The van der Waals surface area contributed by atoms with Crippen LogP contribution in [0.15, 0.2) is 18.2 Å². The second-order valence-electron chi connectivity index (χ2n) is 3.61. The zero-order chi connectivity index (χ0) is 11.4. The van der Waals surface area contributed by atoms with E-state index in [-0.39, 0.29) is 11.7 Å². The zero-order valence-electron chi connectivity index (χ0n) is 8.86. The van der Waals surface area contributed by atoms with E-state index in [0.717, 1.165) is 11.3 Å². The molecule has 1 atom stereocenters. The molecule has 0 aromatic heterocycles. The quantitative estimate of drug-likeness (QED) is 0.583. The lowest BCUT2D eigenvalue weighted by atomic mass is 10.1. The van der Waals surface area contributed by atoms with Crippen molar-refractivity contribution in [2.24, 2.45) is 5.73 Å². The first-order valence-electron chi connectivity index (χ1n) is 4.75. The third-order valence-electron chi connectivity index (χ3n) is 2.04. The number of nitrogens with two attached hydrogens (primary N) is 1. The third kappa shape index (κ3) is 3.21. The number of nitro groups is 1. The Bertz CT molecular complexity index is 364. The highest BCUT2D eigenvalue weighted by Crippen LogP contribution is 2.20. The van der Waals surface area contributed by atoms with Gasteiger partial charge in [-0.3, -0.25) is 10.1 Å². The van der Waals surface area contributed by atoms with Crippen molar-refractivity contribution in [2.75, 3.05) is 11.9 Å². The van der Waals surface area contributed by atoms with Crippen LogP contribution >= 0.6 is 0 Å². The summed E-state index contributed by atoms with van der Waals surface area (Å²) < 4.78 is 0. The summed E-state index contributed by atoms with van der Waals surface area (Å²) in [7, 11) is 0. The molecule has 0 amide bonds. The first-order chi connectivity index (χ1) is 7.00. The lowest BCUT2D eigenvalue weighted by Crippen LogP contribution is -2.25. The minimum absolute atomic E-state index is 0.0552. The summed E-state index contributed by atoms with van der Waals surface area (Å²) >= 11 is 0. The molecular weight excluding hydrogens is 194 g/mol. The number of hydrogen-bond acceptors (Lipinski definition) is 4. The molecule has 5 heteroatoms. The summed E-state index contributed by atoms with van der Waals surface area (Å²) in [5.41, 5.74) is 7.45. The fourth-order valence-corrected chi connectivity index (χ4v) is 1.23. The predicted molar refractivity (Wildman–Crippen MR) is 60.0 cm³/mol. The van der Waals surface area contributed by atoms with Gasteiger partial charge in [0.05, 0.1) is 4.92 Å². The molecule has 1 rings (SSSR count). The minimum atomic E-state index is -0.400. The van der Waals surface area contributed by atoms with Crippen molar-refractivity contribution in [1.82, 2.24) is 0 Å². The smallest absolute Gasteiger partial charge is 0.269 e. The number of benzene rings is 1. The Morgan fingerprint density at radius 3 is 2.73 bits per heavy atom. The average Bonchev–Trinajstić information content (AvgIpc) is 2.15. The molecule has 0 bridgehead atoms. The first kappa shape index (κ1) is 11.5. The summed E-state index contributed by atoms with van der Waals surface area (Å²) in [5, 5.41) is 13.6. The van der Waals surface area contributed by atoms with Crippen molar-refractivity contribution < 1.29 is 4.92 Å². The van der Waals surface area contributed by atoms with Crippen LogP contribution in [0.2, 0.25) is 0 Å². The van der Waals surface area contributed by atoms with Gasteiger partial charge in [-0.05, 0) is 25.5 Å². The second kappa shape index (κ2) is 4.75. The van der Waals surface area contributed by atoms with Crippen LogP contribution in [0.1, 0.15) is 12.5 Å². The van der Waals surface area contributed by atoms with E-state index in [2.05, 4.69) is 5.32 Å². The summed E-state index contributed by atoms with van der Waals surface area (Å²) in [6.07, 6.45) is 0. The molecule has 0 aliphatic heterocycles. The fraction of sp³-hybridized carbons (Fsp3) is 0.400. The molecule has 3 N–H and O–H groups in total. The number of rotatable bonds is 4. The van der Waals surface area contributed by atoms with Gasteiger partial charge in [-0.1, -0.05) is 0 Å². The monoisotopic (exact) mass is 209 g/mol. The van der Waals surface area contributed by atoms with Crippen molar-refractivity contribution >= 4 is 11.4 Å². The number of nitro benzene ring substituents is 1. The standard InChI is InChI=1S/C10H15N3O2/c1-7-5-9(13(14)15)3-4-10(7)12-6-8(2)11/h3-5,8,12H,6,11H2,1-2H3. The molecule has 0 saturated heterocycles. The normalized spacial score (nSPS) is 12.2. The molecule has 0 fully saturated rings. The van der Waals surface area contributed by atoms with Crippen LogP contribution in [-0.4, -0.2) is 17.5 Å². The van der Waals surface area contributed by atoms with E-state index in [1.807, 2.05) is 13.8 Å². The molecule has 1 aromatic rings. The topological polar surface area (TPSA) is 81.2 Å². The summed E-state index contributed by atoms with van der Waals surface area (Å²) in [6.45, 7) is 4.38. The molecule has 0 spiro atoms. The van der Waals surface area contributed by atoms with Crippen LogP contribution < -0.4 is 11.1 Å². The van der Waals surface area contributed by atoms with Crippen LogP contribution in [0.3, 0.4) is 0 Å². The summed E-state index contributed by atoms with van der Waals surface area (Å²) in [5.74, 6) is 0. The molecule has 0 radical (unpaired) electrons. The van der Waals surface area contributed by atoms with Gasteiger partial charge in [0.1, 0.15) is 0 Å². The van der Waals surface area contributed by atoms with Crippen molar-refractivity contribution in [1.29, 1.82) is 0 Å². The Morgan fingerprint density at radius 2 is 2.27 bits per heavy atom. The molecule has 82 valence electrons. The van der Waals surface area contributed by atoms with Crippen LogP contribution in [0.25, 0.3) is 0 Å². The Morgan fingerprint density at radius 1 is 1.60 bits per heavy atom. The van der Waals surface area contributed by atoms with Gasteiger partial charge in [-0.2, -0.15) is 0 Å². The Balaban J connectivity index is 2.79. The third-order valence-corrected chi connectivity index (χ3v) is 2.04. The van der Waals surface area contributed by atoms with E-state index >= 15 is 0 Å². The van der Waals surface area contributed by atoms with E-state index in [9.17, 15) is 10.1 Å². The number of anilines is 1. The molecular formula is C10H15N3O2. The molecule has 5 nitrogen and oxygen atoms in total. The predicted octanol–water partition coefficient (Wildman–Crippen LogP) is 1.66. The van der Waals surface area contributed by atoms with Gasteiger partial charge in [0.25, 0.3) is 5.69 Å². The number of nitrogens with zero attached hydrogens (tertiary/aromatic N) is 1. The van der Waals surface area contributed by atoms with Crippen LogP contribution in [0.4, 0.5) is 11.4 Å². The number of non-ortho nitro benzene ring substituents is 1. The largest absolute Gasteiger partial charge is 0.383 e. The minimum Gasteiger partial charge on any atom is -0.383 e. The molecule has 15 heavy (non-hydrogen) atoms. The van der Waals surface area contributed by atoms with E-state index < -0.39 is 4.92 Å². The van der Waals surface area contributed by atoms with Gasteiger partial charge in [0.15, 0.2) is 0 Å². The number of hydrogen-bond donors (Lipinski definition) is 2. The lowest BCUT2D eigenvalue weighted by Gasteiger charge is -2.11. The van der Waals surface area contributed by atoms with Gasteiger partial charge in [-0.25, -0.2) is 0 Å². The maximum atomic E-state index is 10.5. The maximum Gasteiger partial charge on any atom is 0.269 e. The second-order valence-corrected chi connectivity index (χ2v) is 3.61. The van der Waals surface area contributed by atoms with Crippen LogP contribution in [-0.2, 0) is 0 Å². The van der Waals surface area contributed by atoms with Crippen molar-refractivity contribution in [3.05, 3.63) is 33.9 Å². The lowest BCUT2D eigenvalue weighted by molar-refractivity contribution is -0.384. The molecule has 0 aliphatic rings. The number of aryl methyl sites for hydroxylation is 1. The highest BCUT2D eigenvalue weighted by molar-refractivity contribution is 5.55. The van der Waals surface area contributed by atoms with Crippen LogP contribution in [0.5, 0.6) is 0 Å². The Kier molecular flexibility index (Phi) is 3.62. The highest BCUT2D eigenvalue weighted by atomic mass is 16.6. The summed E-state index contributed by atoms with van der Waals surface area (Å²) in [6, 6.07) is 4.79. The van der Waals surface area contributed by atoms with Gasteiger partial charge in [0, 0.05) is 30.4 Å². The zero-order valence-corrected chi connectivity index (χ0v) is 8.86. The molecule has 1 unspecified atom stereocenters. The van der Waals surface area contributed by atoms with Gasteiger partial charge in [0.2, 0.25) is 0 Å². The SMILES string of the molecule is Cc1cc([N+](=O)[O-])ccc1NCC(C)N. The van der Waals surface area contributed by atoms with Gasteiger partial charge >= 0.3 is 0 Å². The first-order valence-corrected chi connectivity index (χ1v) is 4.75. The van der Waals surface area contributed by atoms with E-state index in [1.165, 1.54) is 6.07 Å². The van der Waals surface area contributed by atoms with E-state index in [1.54, 1.807) is 12.1 Å². The molecule has 0 heterocycles. The number of nitrogens with one attached hydrogen (secondary N) is 1. The molecule has 1 aromatic carbocycles. The Hall–Kier alpha value is -1.62. The highest BCUT2D eigenvalue weighted by Gasteiger charge is 2.07. The van der Waals surface area contributed by atoms with Crippen molar-refractivity contribution in [3.8, 4) is 0 Å². The van der Waals surface area contributed by atoms with Crippen LogP contribution in [0, 0.1) is 17.0 Å². The maximum absolute atomic E-state index is 10.5.